The van der Waals surface area contributed by atoms with Crippen LogP contribution >= 0.6 is 0 Å². The molecule has 5 rings (SSSR count). The number of H-pyrrole nitrogens is 1. The second kappa shape index (κ2) is 15.3. The maximum Gasteiger partial charge on any atom is 0.259 e. The molecule has 236 valence electrons. The minimum atomic E-state index is -0.367. The van der Waals surface area contributed by atoms with Gasteiger partial charge >= 0.3 is 0 Å². The first-order valence-corrected chi connectivity index (χ1v) is 14.7. The summed E-state index contributed by atoms with van der Waals surface area (Å²) in [4.78, 5) is 26.3. The van der Waals surface area contributed by atoms with Gasteiger partial charge in [-0.05, 0) is 72.6 Å². The number of methoxy groups -OCH3 is 1. The highest BCUT2D eigenvalue weighted by atomic mass is 16.5. The Labute approximate surface area is 266 Å². The number of aromatic amines is 1. The number of amides is 2. The van der Waals surface area contributed by atoms with Gasteiger partial charge in [-0.3, -0.25) is 9.59 Å². The van der Waals surface area contributed by atoms with Crippen LogP contribution in [0.4, 0.5) is 5.69 Å². The lowest BCUT2D eigenvalue weighted by molar-refractivity contribution is 0.0949. The third kappa shape index (κ3) is 8.04. The van der Waals surface area contributed by atoms with Gasteiger partial charge in [0, 0.05) is 23.2 Å². The van der Waals surface area contributed by atoms with E-state index >= 15 is 0 Å². The Kier molecular flexibility index (Phi) is 10.5. The Balaban J connectivity index is 1.21. The number of para-hydroxylation sites is 1. The number of nitrogens with zero attached hydrogens (tertiary/aromatic N) is 3. The second-order valence-electron chi connectivity index (χ2n) is 10.4. The van der Waals surface area contributed by atoms with Gasteiger partial charge in [0.25, 0.3) is 11.8 Å². The Morgan fingerprint density at radius 1 is 0.891 bits per heavy atom. The van der Waals surface area contributed by atoms with Crippen molar-refractivity contribution >= 4 is 17.5 Å². The summed E-state index contributed by atoms with van der Waals surface area (Å²) >= 11 is 0. The van der Waals surface area contributed by atoms with Gasteiger partial charge in [0.05, 0.1) is 25.0 Å². The highest BCUT2D eigenvalue weighted by molar-refractivity contribution is 6.07. The third-order valence-electron chi connectivity index (χ3n) is 7.06. The van der Waals surface area contributed by atoms with Crippen LogP contribution in [0.15, 0.2) is 84.9 Å². The number of anilines is 1. The first-order valence-electron chi connectivity index (χ1n) is 14.7. The van der Waals surface area contributed by atoms with Gasteiger partial charge in [0.15, 0.2) is 0 Å². The normalized spacial score (nSPS) is 10.7. The second-order valence-corrected chi connectivity index (χ2v) is 10.4. The van der Waals surface area contributed by atoms with Crippen LogP contribution in [-0.4, -0.2) is 52.7 Å². The molecule has 12 nitrogen and oxygen atoms in total. The molecule has 0 radical (unpaired) electrons. The van der Waals surface area contributed by atoms with Crippen LogP contribution in [0.2, 0.25) is 0 Å². The quantitative estimate of drug-likeness (QED) is 0.129. The number of hydrogen-bond acceptors (Lipinski definition) is 9. The molecule has 12 heteroatoms. The zero-order valence-electron chi connectivity index (χ0n) is 25.6. The number of benzene rings is 4. The molecule has 5 N–H and O–H groups in total. The van der Waals surface area contributed by atoms with E-state index in [0.717, 1.165) is 22.3 Å². The van der Waals surface area contributed by atoms with Gasteiger partial charge in [-0.1, -0.05) is 48.5 Å². The van der Waals surface area contributed by atoms with Crippen molar-refractivity contribution in [1.82, 2.24) is 25.9 Å². The summed E-state index contributed by atoms with van der Waals surface area (Å²) in [5, 5.41) is 19.8. The molecule has 5 aromatic rings. The van der Waals surface area contributed by atoms with Gasteiger partial charge in [0.1, 0.15) is 23.9 Å². The van der Waals surface area contributed by atoms with E-state index in [1.54, 1.807) is 42.5 Å². The molecular formula is C34H35N7O5. The van der Waals surface area contributed by atoms with Crippen LogP contribution in [-0.2, 0) is 13.2 Å². The summed E-state index contributed by atoms with van der Waals surface area (Å²) in [6.45, 7) is 3.46. The SMILES string of the molecule is COc1cc(C(=O)NCc2ccc(C)cc2OCc2ccc(-c3nn[nH]n3)cc2)ccc1NC(=O)c1ccccc1OCCCN. The predicted molar refractivity (Wildman–Crippen MR) is 173 cm³/mol. The topological polar surface area (TPSA) is 166 Å². The Morgan fingerprint density at radius 2 is 1.72 bits per heavy atom. The number of hydrogen-bond donors (Lipinski definition) is 4. The summed E-state index contributed by atoms with van der Waals surface area (Å²) in [5.41, 5.74) is 10.4. The van der Waals surface area contributed by atoms with E-state index in [0.29, 0.717) is 66.1 Å². The van der Waals surface area contributed by atoms with Gasteiger partial charge in [-0.15, -0.1) is 10.2 Å². The van der Waals surface area contributed by atoms with Gasteiger partial charge in [-0.2, -0.15) is 5.21 Å². The van der Waals surface area contributed by atoms with Crippen molar-refractivity contribution < 1.29 is 23.8 Å². The van der Waals surface area contributed by atoms with Crippen LogP contribution in [0.5, 0.6) is 17.2 Å². The smallest absolute Gasteiger partial charge is 0.259 e. The third-order valence-corrected chi connectivity index (χ3v) is 7.06. The van der Waals surface area contributed by atoms with Crippen molar-refractivity contribution in [3.8, 4) is 28.6 Å². The fourth-order valence-corrected chi connectivity index (χ4v) is 4.59. The molecule has 1 aromatic heterocycles. The monoisotopic (exact) mass is 621 g/mol. The molecule has 2 amide bonds. The number of nitrogens with one attached hydrogen (secondary N) is 3. The van der Waals surface area contributed by atoms with Crippen molar-refractivity contribution in [3.63, 3.8) is 0 Å². The molecule has 0 saturated heterocycles. The Hall–Kier alpha value is -5.75. The van der Waals surface area contributed by atoms with Crippen LogP contribution in [0.3, 0.4) is 0 Å². The van der Waals surface area contributed by atoms with Crippen LogP contribution in [0.25, 0.3) is 11.4 Å². The summed E-state index contributed by atoms with van der Waals surface area (Å²) in [7, 11) is 1.48. The molecule has 0 aliphatic heterocycles. The summed E-state index contributed by atoms with van der Waals surface area (Å²) in [6, 6.07) is 25.4. The van der Waals surface area contributed by atoms with E-state index in [2.05, 4.69) is 31.3 Å². The van der Waals surface area contributed by atoms with E-state index in [1.807, 2.05) is 49.4 Å². The maximum atomic E-state index is 13.2. The number of nitrogens with two attached hydrogens (primary N) is 1. The van der Waals surface area contributed by atoms with E-state index in [1.165, 1.54) is 7.11 Å². The number of aryl methyl sites for hydroxylation is 1. The molecule has 0 bridgehead atoms. The summed E-state index contributed by atoms with van der Waals surface area (Å²) in [5.74, 6) is 1.32. The highest BCUT2D eigenvalue weighted by Crippen LogP contribution is 2.28. The first kappa shape index (κ1) is 31.7. The fourth-order valence-electron chi connectivity index (χ4n) is 4.59. The van der Waals surface area contributed by atoms with Crippen molar-refractivity contribution in [3.05, 3.63) is 113 Å². The molecule has 0 saturated carbocycles. The van der Waals surface area contributed by atoms with Crippen molar-refractivity contribution in [2.24, 2.45) is 5.73 Å². The highest BCUT2D eigenvalue weighted by Gasteiger charge is 2.17. The van der Waals surface area contributed by atoms with E-state index in [4.69, 9.17) is 19.9 Å². The van der Waals surface area contributed by atoms with Crippen LogP contribution in [0.1, 0.15) is 43.8 Å². The van der Waals surface area contributed by atoms with E-state index < -0.39 is 0 Å². The molecule has 0 spiro atoms. The minimum absolute atomic E-state index is 0.243. The number of rotatable bonds is 14. The average Bonchev–Trinajstić information content (AvgIpc) is 3.63. The molecule has 46 heavy (non-hydrogen) atoms. The first-order chi connectivity index (χ1) is 22.4. The van der Waals surface area contributed by atoms with Crippen LogP contribution < -0.4 is 30.6 Å². The molecular weight excluding hydrogens is 586 g/mol. The summed E-state index contributed by atoms with van der Waals surface area (Å²) in [6.07, 6.45) is 0.671. The Morgan fingerprint density at radius 3 is 2.48 bits per heavy atom. The average molecular weight is 622 g/mol. The van der Waals surface area contributed by atoms with Crippen molar-refractivity contribution in [1.29, 1.82) is 0 Å². The number of aromatic nitrogens is 4. The molecule has 0 fully saturated rings. The molecule has 0 aliphatic carbocycles. The lowest BCUT2D eigenvalue weighted by Gasteiger charge is -2.15. The number of tetrazole rings is 1. The predicted octanol–water partition coefficient (Wildman–Crippen LogP) is 4.67. The van der Waals surface area contributed by atoms with Crippen LogP contribution in [0, 0.1) is 6.92 Å². The molecule has 4 aromatic carbocycles. The fraction of sp³-hybridized carbons (Fsp3) is 0.206. The van der Waals surface area contributed by atoms with Gasteiger partial charge in [-0.25, -0.2) is 0 Å². The number of carbonyl (C=O) groups is 2. The Bertz CT molecular complexity index is 1780. The van der Waals surface area contributed by atoms with Gasteiger partial charge < -0.3 is 30.6 Å². The molecule has 0 atom stereocenters. The lowest BCUT2D eigenvalue weighted by atomic mass is 10.1. The zero-order valence-corrected chi connectivity index (χ0v) is 25.6. The largest absolute Gasteiger partial charge is 0.495 e. The lowest BCUT2D eigenvalue weighted by Crippen LogP contribution is -2.23. The summed E-state index contributed by atoms with van der Waals surface area (Å²) < 4.78 is 17.4. The standard InChI is InChI=1S/C34H35N7O5/c1-22-8-11-26(30(18-22)46-21-23-9-12-24(13-10-23)32-38-40-41-39-32)20-36-33(42)25-14-15-28(31(19-25)44-2)37-34(43)27-6-3-4-7-29(27)45-17-5-16-35/h3-4,6-15,18-19H,5,16-17,20-21,35H2,1-2H3,(H,36,42)(H,37,43)(H,38,39,40,41). The van der Waals surface area contributed by atoms with E-state index in [-0.39, 0.29) is 18.4 Å². The van der Waals surface area contributed by atoms with Gasteiger partial charge in [0.2, 0.25) is 5.82 Å². The van der Waals surface area contributed by atoms with Crippen molar-refractivity contribution in [2.75, 3.05) is 25.6 Å². The minimum Gasteiger partial charge on any atom is -0.495 e. The molecule has 0 aliphatic rings. The molecule has 1 heterocycles. The number of carbonyl (C=O) groups excluding carboxylic acids is 2. The van der Waals surface area contributed by atoms with E-state index in [9.17, 15) is 9.59 Å². The maximum absolute atomic E-state index is 13.2. The zero-order chi connectivity index (χ0) is 32.3. The number of ether oxygens (including phenoxy) is 3. The van der Waals surface area contributed by atoms with Crippen molar-refractivity contribution in [2.45, 2.75) is 26.5 Å². The molecule has 0 unspecified atom stereocenters.